The van der Waals surface area contributed by atoms with Crippen molar-refractivity contribution in [2.75, 3.05) is 6.61 Å². The topological polar surface area (TPSA) is 26.3 Å². The Hall–Kier alpha value is -0.930. The minimum atomic E-state index is -1.66. The van der Waals surface area contributed by atoms with E-state index in [0.29, 0.717) is 32.3 Å². The maximum atomic E-state index is 11.5. The molecule has 2 nitrogen and oxygen atoms in total. The number of carbonyl (C=O) groups is 1. The van der Waals surface area contributed by atoms with E-state index in [9.17, 15) is 13.6 Å². The molecule has 13 heavy (non-hydrogen) atoms. The van der Waals surface area contributed by atoms with Gasteiger partial charge in [0.05, 0.1) is 6.61 Å². The first-order valence-electron chi connectivity index (χ1n) is 4.33. The molecule has 0 bridgehead atoms. The fourth-order valence-corrected chi connectivity index (χ4v) is 0.858. The summed E-state index contributed by atoms with van der Waals surface area (Å²) in [6, 6.07) is 0. The summed E-state index contributed by atoms with van der Waals surface area (Å²) in [6.07, 6.45) is 1.04. The molecule has 0 N–H and O–H groups in total. The summed E-state index contributed by atoms with van der Waals surface area (Å²) in [4.78, 5) is 10.8. The van der Waals surface area contributed by atoms with Crippen molar-refractivity contribution in [3.8, 4) is 0 Å². The number of unbranched alkanes of at least 4 members (excludes halogenated alkanes) is 2. The number of ether oxygens (including phenoxy) is 1. The molecule has 0 fully saturated rings. The Morgan fingerprint density at radius 1 is 1.38 bits per heavy atom. The third-order valence-electron chi connectivity index (χ3n) is 1.44. The smallest absolute Gasteiger partial charge is 0.305 e. The van der Waals surface area contributed by atoms with Gasteiger partial charge in [0.2, 0.25) is 0 Å². The number of hydrogen-bond acceptors (Lipinski definition) is 2. The highest BCUT2D eigenvalue weighted by Crippen LogP contribution is 2.05. The van der Waals surface area contributed by atoms with Gasteiger partial charge in [-0.05, 0) is 32.3 Å². The molecule has 0 aliphatic rings. The monoisotopic (exact) mass is 192 g/mol. The molecule has 0 radical (unpaired) electrons. The van der Waals surface area contributed by atoms with Gasteiger partial charge in [-0.1, -0.05) is 0 Å². The first-order chi connectivity index (χ1) is 6.16. The molecule has 0 rings (SSSR count). The van der Waals surface area contributed by atoms with Crippen molar-refractivity contribution < 1.29 is 18.3 Å². The van der Waals surface area contributed by atoms with Crippen molar-refractivity contribution in [3.05, 3.63) is 12.2 Å². The minimum Gasteiger partial charge on any atom is -0.466 e. The van der Waals surface area contributed by atoms with Crippen LogP contribution in [0.2, 0.25) is 0 Å². The van der Waals surface area contributed by atoms with Crippen LogP contribution in [0.25, 0.3) is 0 Å². The molecule has 0 aromatic heterocycles. The van der Waals surface area contributed by atoms with E-state index in [1.165, 1.54) is 0 Å². The second-order valence-electron chi connectivity index (χ2n) is 2.54. The Morgan fingerprint density at radius 3 is 2.62 bits per heavy atom. The van der Waals surface area contributed by atoms with Crippen molar-refractivity contribution in [3.63, 3.8) is 0 Å². The molecule has 0 saturated carbocycles. The molecule has 0 aromatic rings. The summed E-state index contributed by atoms with van der Waals surface area (Å²) >= 11 is 0. The summed E-state index contributed by atoms with van der Waals surface area (Å²) in [5.41, 5.74) is 0. The first kappa shape index (κ1) is 12.1. The molecule has 0 aromatic carbocycles. The van der Waals surface area contributed by atoms with Gasteiger partial charge in [-0.25, -0.2) is 0 Å². The van der Waals surface area contributed by atoms with Crippen LogP contribution in [0.4, 0.5) is 8.78 Å². The van der Waals surface area contributed by atoms with Crippen LogP contribution in [-0.2, 0) is 9.53 Å². The second-order valence-corrected chi connectivity index (χ2v) is 2.54. The van der Waals surface area contributed by atoms with Gasteiger partial charge in [-0.2, -0.15) is 8.78 Å². The largest absolute Gasteiger partial charge is 0.466 e. The number of halogens is 2. The summed E-state index contributed by atoms with van der Waals surface area (Å²) in [7, 11) is 0. The molecule has 0 aliphatic heterocycles. The zero-order valence-corrected chi connectivity index (χ0v) is 7.69. The molecule has 0 saturated heterocycles. The normalized spacial score (nSPS) is 9.46. The summed E-state index contributed by atoms with van der Waals surface area (Å²) in [5, 5.41) is 0. The van der Waals surface area contributed by atoms with Gasteiger partial charge in [-0.15, -0.1) is 0 Å². The SMILES string of the molecule is CCOC(=O)CCCCC=C(F)F. The Balaban J connectivity index is 3.26. The quantitative estimate of drug-likeness (QED) is 0.477. The number of hydrogen-bond donors (Lipinski definition) is 0. The molecule has 0 unspecified atom stereocenters. The number of rotatable bonds is 6. The molecule has 0 amide bonds. The number of allylic oxidation sites excluding steroid dienone is 1. The standard InChI is InChI=1S/C9H14F2O2/c1-2-13-9(12)7-5-3-4-6-8(10)11/h6H,2-5,7H2,1H3. The number of carbonyl (C=O) groups excluding carboxylic acids is 1. The lowest BCUT2D eigenvalue weighted by atomic mass is 10.2. The van der Waals surface area contributed by atoms with Crippen molar-refractivity contribution in [2.24, 2.45) is 0 Å². The van der Waals surface area contributed by atoms with E-state index in [0.717, 1.165) is 6.08 Å². The van der Waals surface area contributed by atoms with Crippen LogP contribution in [-0.4, -0.2) is 12.6 Å². The maximum absolute atomic E-state index is 11.5. The zero-order valence-electron chi connectivity index (χ0n) is 7.69. The Labute approximate surface area is 76.6 Å². The van der Waals surface area contributed by atoms with E-state index < -0.39 is 6.08 Å². The van der Waals surface area contributed by atoms with E-state index in [1.54, 1.807) is 6.92 Å². The highest BCUT2D eigenvalue weighted by molar-refractivity contribution is 5.69. The fraction of sp³-hybridized carbons (Fsp3) is 0.667. The summed E-state index contributed by atoms with van der Waals surface area (Å²) < 4.78 is 27.7. The molecule has 0 atom stereocenters. The summed E-state index contributed by atoms with van der Waals surface area (Å²) in [5.74, 6) is -0.257. The summed E-state index contributed by atoms with van der Waals surface area (Å²) in [6.45, 7) is 2.11. The predicted octanol–water partition coefficient (Wildman–Crippen LogP) is 2.89. The average molecular weight is 192 g/mol. The van der Waals surface area contributed by atoms with Gasteiger partial charge in [0, 0.05) is 6.42 Å². The Morgan fingerprint density at radius 2 is 2.08 bits per heavy atom. The van der Waals surface area contributed by atoms with Crippen LogP contribution < -0.4 is 0 Å². The lowest BCUT2D eigenvalue weighted by Gasteiger charge is -1.99. The van der Waals surface area contributed by atoms with Gasteiger partial charge in [-0.3, -0.25) is 4.79 Å². The lowest BCUT2D eigenvalue weighted by molar-refractivity contribution is -0.143. The first-order valence-corrected chi connectivity index (χ1v) is 4.33. The number of esters is 1. The molecule has 76 valence electrons. The van der Waals surface area contributed by atoms with E-state index in [1.807, 2.05) is 0 Å². The molecule has 0 aliphatic carbocycles. The van der Waals surface area contributed by atoms with Gasteiger partial charge >= 0.3 is 5.97 Å². The van der Waals surface area contributed by atoms with E-state index in [-0.39, 0.29) is 5.97 Å². The van der Waals surface area contributed by atoms with Crippen LogP contribution >= 0.6 is 0 Å². The van der Waals surface area contributed by atoms with Crippen molar-refractivity contribution in [1.29, 1.82) is 0 Å². The molecular formula is C9H14F2O2. The Bertz CT molecular complexity index is 174. The van der Waals surface area contributed by atoms with Crippen molar-refractivity contribution >= 4 is 5.97 Å². The Kier molecular flexibility index (Phi) is 7.15. The lowest BCUT2D eigenvalue weighted by Crippen LogP contribution is -2.02. The van der Waals surface area contributed by atoms with Crippen LogP contribution in [0.1, 0.15) is 32.6 Å². The highest BCUT2D eigenvalue weighted by Gasteiger charge is 1.99. The van der Waals surface area contributed by atoms with Crippen LogP contribution in [0, 0.1) is 0 Å². The highest BCUT2D eigenvalue weighted by atomic mass is 19.3. The van der Waals surface area contributed by atoms with Crippen LogP contribution in [0.3, 0.4) is 0 Å². The van der Waals surface area contributed by atoms with Gasteiger partial charge < -0.3 is 4.74 Å². The molecule has 4 heteroatoms. The minimum absolute atomic E-state index is 0.257. The second kappa shape index (κ2) is 7.71. The molecular weight excluding hydrogens is 178 g/mol. The third-order valence-corrected chi connectivity index (χ3v) is 1.44. The van der Waals surface area contributed by atoms with E-state index in [4.69, 9.17) is 0 Å². The van der Waals surface area contributed by atoms with Crippen LogP contribution in [0.15, 0.2) is 12.2 Å². The third kappa shape index (κ3) is 8.98. The van der Waals surface area contributed by atoms with Gasteiger partial charge in [0.1, 0.15) is 0 Å². The fourth-order valence-electron chi connectivity index (χ4n) is 0.858. The average Bonchev–Trinajstić information content (AvgIpc) is 2.03. The van der Waals surface area contributed by atoms with Gasteiger partial charge in [0.15, 0.2) is 0 Å². The van der Waals surface area contributed by atoms with E-state index >= 15 is 0 Å². The van der Waals surface area contributed by atoms with Gasteiger partial charge in [0.25, 0.3) is 6.08 Å². The van der Waals surface area contributed by atoms with Crippen LogP contribution in [0.5, 0.6) is 0 Å². The molecule has 0 spiro atoms. The molecule has 0 heterocycles. The van der Waals surface area contributed by atoms with Crippen molar-refractivity contribution in [1.82, 2.24) is 0 Å². The predicted molar refractivity (Wildman–Crippen MR) is 45.4 cm³/mol. The van der Waals surface area contributed by atoms with Crippen molar-refractivity contribution in [2.45, 2.75) is 32.6 Å². The maximum Gasteiger partial charge on any atom is 0.305 e. The zero-order chi connectivity index (χ0) is 10.1. The van der Waals surface area contributed by atoms with E-state index in [2.05, 4.69) is 4.74 Å².